The molecule has 12 nitrogen and oxygen atoms in total. The average Bonchev–Trinajstić information content (AvgIpc) is 3.38. The number of piperidine rings is 1. The zero-order valence-corrected chi connectivity index (χ0v) is 31.2. The SMILES string of the molecule is CCC/C(C)=N\N=C(/C)C(CC(=O)OC)N=C(c1ccc(Cl)cc1)c1c(C)sc(C(=O)NCCCCCC(=O)NC2CCC(=O)NC2=O)c1C. The Morgan fingerprint density at radius 1 is 1.06 bits per heavy atom. The van der Waals surface area contributed by atoms with Crippen LogP contribution in [0, 0.1) is 13.8 Å². The zero-order valence-electron chi connectivity index (χ0n) is 29.6. The summed E-state index contributed by atoms with van der Waals surface area (Å²) in [7, 11) is 1.33. The fourth-order valence-electron chi connectivity index (χ4n) is 5.40. The Kier molecular flexibility index (Phi) is 15.9. The maximum Gasteiger partial charge on any atom is 0.308 e. The van der Waals surface area contributed by atoms with Crippen molar-refractivity contribution in [1.82, 2.24) is 16.0 Å². The molecule has 50 heavy (non-hydrogen) atoms. The monoisotopic (exact) mass is 726 g/mol. The van der Waals surface area contributed by atoms with Gasteiger partial charge >= 0.3 is 5.97 Å². The van der Waals surface area contributed by atoms with Gasteiger partial charge in [0.1, 0.15) is 12.1 Å². The molecule has 270 valence electrons. The molecule has 2 unspecified atom stereocenters. The second-order valence-electron chi connectivity index (χ2n) is 12.2. The van der Waals surface area contributed by atoms with Gasteiger partial charge in [0.2, 0.25) is 17.7 Å². The van der Waals surface area contributed by atoms with E-state index in [2.05, 4.69) is 33.1 Å². The molecule has 0 saturated carbocycles. The third-order valence-electron chi connectivity index (χ3n) is 8.17. The number of methoxy groups -OCH3 is 1. The second kappa shape index (κ2) is 19.8. The van der Waals surface area contributed by atoms with Crippen molar-refractivity contribution in [2.24, 2.45) is 15.2 Å². The van der Waals surface area contributed by atoms with E-state index in [-0.39, 0.29) is 37.0 Å². The molecule has 14 heteroatoms. The molecule has 3 rings (SSSR count). The van der Waals surface area contributed by atoms with E-state index in [1.165, 1.54) is 18.4 Å². The molecule has 0 radical (unpaired) electrons. The number of nitrogens with one attached hydrogen (secondary N) is 3. The maximum absolute atomic E-state index is 13.4. The van der Waals surface area contributed by atoms with Crippen LogP contribution in [0.15, 0.2) is 39.5 Å². The standard InChI is InChI=1S/C36H47ClN6O6S/c1-7-11-21(2)42-43-23(4)28(20-31(46)49-6)40-33(25-13-15-26(37)16-14-25)32-22(3)34(50-24(32)5)36(48)38-19-10-8-9-12-29(44)39-27-17-18-30(45)41-35(27)47/h13-16,27-28H,7-12,17-20H2,1-6H3,(H,38,48)(H,39,44)(H,41,45,47)/b40-33?,42-21-,43-23+. The number of carbonyl (C=O) groups excluding carboxylic acids is 5. The Balaban J connectivity index is 1.75. The van der Waals surface area contributed by atoms with Crippen LogP contribution < -0.4 is 16.0 Å². The molecule has 2 heterocycles. The number of hydrogen-bond donors (Lipinski definition) is 3. The van der Waals surface area contributed by atoms with Crippen molar-refractivity contribution in [3.63, 3.8) is 0 Å². The van der Waals surface area contributed by atoms with E-state index in [9.17, 15) is 24.0 Å². The van der Waals surface area contributed by atoms with Crippen LogP contribution in [0.5, 0.6) is 0 Å². The first-order valence-electron chi connectivity index (χ1n) is 16.8. The van der Waals surface area contributed by atoms with E-state index >= 15 is 0 Å². The van der Waals surface area contributed by atoms with E-state index in [0.29, 0.717) is 53.6 Å². The highest BCUT2D eigenvalue weighted by Crippen LogP contribution is 2.31. The number of hydrogen-bond acceptors (Lipinski definition) is 10. The topological polar surface area (TPSA) is 168 Å². The number of benzene rings is 1. The number of unbranched alkanes of at least 4 members (excludes halogenated alkanes) is 2. The smallest absolute Gasteiger partial charge is 0.308 e. The Labute approximate surface area is 302 Å². The lowest BCUT2D eigenvalue weighted by Gasteiger charge is -2.21. The van der Waals surface area contributed by atoms with Crippen molar-refractivity contribution in [2.45, 2.75) is 104 Å². The van der Waals surface area contributed by atoms with Crippen molar-refractivity contribution in [3.05, 3.63) is 55.7 Å². The van der Waals surface area contributed by atoms with Crippen molar-refractivity contribution < 1.29 is 28.7 Å². The van der Waals surface area contributed by atoms with Gasteiger partial charge in [0.05, 0.1) is 29.8 Å². The summed E-state index contributed by atoms with van der Waals surface area (Å²) in [5, 5.41) is 17.2. The van der Waals surface area contributed by atoms with Gasteiger partial charge in [0.15, 0.2) is 0 Å². The summed E-state index contributed by atoms with van der Waals surface area (Å²) < 4.78 is 4.99. The number of aliphatic imine (C=N–C) groups is 1. The van der Waals surface area contributed by atoms with Crippen LogP contribution in [0.4, 0.5) is 0 Å². The Bertz CT molecular complexity index is 1650. The lowest BCUT2D eigenvalue weighted by molar-refractivity contribution is -0.140. The first-order chi connectivity index (χ1) is 23.8. The Hall–Kier alpha value is -4.23. The predicted octanol–water partition coefficient (Wildman–Crippen LogP) is 5.64. The van der Waals surface area contributed by atoms with Gasteiger partial charge in [-0.3, -0.25) is 34.3 Å². The summed E-state index contributed by atoms with van der Waals surface area (Å²) in [6, 6.07) is 5.89. The zero-order chi connectivity index (χ0) is 36.8. The van der Waals surface area contributed by atoms with Crippen molar-refractivity contribution >= 4 is 69.7 Å². The number of ether oxygens (including phenoxy) is 1. The fourth-order valence-corrected chi connectivity index (χ4v) is 6.61. The first-order valence-corrected chi connectivity index (χ1v) is 18.0. The van der Waals surface area contributed by atoms with Crippen LogP contribution in [-0.2, 0) is 23.9 Å². The molecule has 2 atom stereocenters. The van der Waals surface area contributed by atoms with Gasteiger partial charge in [0, 0.05) is 46.1 Å². The largest absolute Gasteiger partial charge is 0.469 e. The third kappa shape index (κ3) is 12.0. The van der Waals surface area contributed by atoms with Crippen LogP contribution >= 0.6 is 22.9 Å². The van der Waals surface area contributed by atoms with Crippen LogP contribution in [-0.4, -0.2) is 72.5 Å². The minimum absolute atomic E-state index is 0.0422. The van der Waals surface area contributed by atoms with Gasteiger partial charge in [-0.25, -0.2) is 0 Å². The molecule has 2 aromatic rings. The fraction of sp³-hybridized carbons (Fsp3) is 0.500. The highest BCUT2D eigenvalue weighted by molar-refractivity contribution is 7.14. The number of carbonyl (C=O) groups is 5. The molecule has 0 bridgehead atoms. The van der Waals surface area contributed by atoms with Crippen LogP contribution in [0.3, 0.4) is 0 Å². The van der Waals surface area contributed by atoms with Crippen molar-refractivity contribution in [2.75, 3.05) is 13.7 Å². The van der Waals surface area contributed by atoms with E-state index in [1.54, 1.807) is 19.1 Å². The molecule has 1 aromatic heterocycles. The molecule has 0 spiro atoms. The maximum atomic E-state index is 13.4. The molecular formula is C36H47ClN6O6S. The predicted molar refractivity (Wildman–Crippen MR) is 198 cm³/mol. The third-order valence-corrected chi connectivity index (χ3v) is 9.63. The summed E-state index contributed by atoms with van der Waals surface area (Å²) in [4.78, 5) is 67.8. The quantitative estimate of drug-likeness (QED) is 0.0627. The molecule has 1 saturated heterocycles. The van der Waals surface area contributed by atoms with Gasteiger partial charge in [0.25, 0.3) is 5.91 Å². The van der Waals surface area contributed by atoms with Gasteiger partial charge in [-0.2, -0.15) is 10.2 Å². The molecule has 4 amide bonds. The van der Waals surface area contributed by atoms with E-state index in [0.717, 1.165) is 40.1 Å². The Morgan fingerprint density at radius 2 is 1.78 bits per heavy atom. The van der Waals surface area contributed by atoms with Gasteiger partial charge in [-0.1, -0.05) is 43.5 Å². The number of amides is 4. The minimum atomic E-state index is -0.683. The molecule has 3 N–H and O–H groups in total. The number of imide groups is 1. The number of halogens is 1. The van der Waals surface area contributed by atoms with Crippen LogP contribution in [0.25, 0.3) is 0 Å². The summed E-state index contributed by atoms with van der Waals surface area (Å²) in [6.45, 7) is 10.0. The van der Waals surface area contributed by atoms with Gasteiger partial charge in [-0.15, -0.1) is 11.3 Å². The molecule has 1 fully saturated rings. The lowest BCUT2D eigenvalue weighted by Crippen LogP contribution is -2.52. The molecular weight excluding hydrogens is 680 g/mol. The highest BCUT2D eigenvalue weighted by atomic mass is 35.5. The number of esters is 1. The number of rotatable bonds is 17. The highest BCUT2D eigenvalue weighted by Gasteiger charge is 2.28. The number of aryl methyl sites for hydroxylation is 1. The minimum Gasteiger partial charge on any atom is -0.469 e. The summed E-state index contributed by atoms with van der Waals surface area (Å²) in [5.74, 6) is -1.69. The average molecular weight is 727 g/mol. The summed E-state index contributed by atoms with van der Waals surface area (Å²) >= 11 is 7.59. The normalized spacial score (nSPS) is 16.1. The van der Waals surface area contributed by atoms with E-state index in [1.807, 2.05) is 32.9 Å². The van der Waals surface area contributed by atoms with Gasteiger partial charge in [-0.05, 0) is 71.1 Å². The van der Waals surface area contributed by atoms with E-state index < -0.39 is 24.0 Å². The first kappa shape index (κ1) is 40.2. The van der Waals surface area contributed by atoms with Crippen molar-refractivity contribution in [1.29, 1.82) is 0 Å². The number of thiophene rings is 1. The molecule has 1 aliphatic heterocycles. The summed E-state index contributed by atoms with van der Waals surface area (Å²) in [6.07, 6.45) is 4.41. The lowest BCUT2D eigenvalue weighted by atomic mass is 9.97. The van der Waals surface area contributed by atoms with Crippen molar-refractivity contribution in [3.8, 4) is 0 Å². The van der Waals surface area contributed by atoms with E-state index in [4.69, 9.17) is 21.3 Å². The van der Waals surface area contributed by atoms with Crippen LogP contribution in [0.2, 0.25) is 5.02 Å². The molecule has 0 aliphatic carbocycles. The Morgan fingerprint density at radius 3 is 2.44 bits per heavy atom. The summed E-state index contributed by atoms with van der Waals surface area (Å²) in [5.41, 5.74) is 4.33. The second-order valence-corrected chi connectivity index (χ2v) is 13.9. The molecule has 1 aromatic carbocycles. The van der Waals surface area contributed by atoms with Crippen LogP contribution in [0.1, 0.15) is 110 Å². The van der Waals surface area contributed by atoms with Gasteiger partial charge < -0.3 is 15.4 Å². The number of nitrogens with zero attached hydrogens (tertiary/aromatic N) is 3. The molecule has 1 aliphatic rings.